The van der Waals surface area contributed by atoms with Crippen molar-refractivity contribution in [3.63, 3.8) is 0 Å². The Morgan fingerprint density at radius 1 is 1.37 bits per heavy atom. The van der Waals surface area contributed by atoms with E-state index in [0.717, 1.165) is 44.3 Å². The summed E-state index contributed by atoms with van der Waals surface area (Å²) in [5.41, 5.74) is 2.15. The highest BCUT2D eigenvalue weighted by molar-refractivity contribution is 5.79. The quantitative estimate of drug-likeness (QED) is 0.807. The van der Waals surface area contributed by atoms with E-state index in [1.54, 1.807) is 0 Å². The van der Waals surface area contributed by atoms with Crippen molar-refractivity contribution in [2.24, 2.45) is 5.92 Å². The van der Waals surface area contributed by atoms with Crippen LogP contribution in [0.15, 0.2) is 28.8 Å². The van der Waals surface area contributed by atoms with Gasteiger partial charge in [-0.15, -0.1) is 0 Å². The molecule has 1 aromatic carbocycles. The van der Waals surface area contributed by atoms with Gasteiger partial charge in [-0.25, -0.2) is 0 Å². The fourth-order valence-corrected chi connectivity index (χ4v) is 3.63. The SMILES string of the molecule is CCCC(C)NC(=O)C1CCN(Cc2nc(-c3cccc(C)c3)no2)CC1. The largest absolute Gasteiger partial charge is 0.353 e. The van der Waals surface area contributed by atoms with Gasteiger partial charge in [0.2, 0.25) is 17.6 Å². The number of aryl methyl sites for hydroxylation is 1. The molecule has 6 heteroatoms. The van der Waals surface area contributed by atoms with Crippen LogP contribution in [0, 0.1) is 12.8 Å². The van der Waals surface area contributed by atoms with Gasteiger partial charge in [0.1, 0.15) is 0 Å². The van der Waals surface area contributed by atoms with E-state index >= 15 is 0 Å². The molecule has 27 heavy (non-hydrogen) atoms. The molecule has 2 aromatic rings. The third-order valence-corrected chi connectivity index (χ3v) is 5.17. The number of rotatable bonds is 7. The minimum Gasteiger partial charge on any atom is -0.353 e. The monoisotopic (exact) mass is 370 g/mol. The average Bonchev–Trinajstić information content (AvgIpc) is 3.11. The molecule has 3 rings (SSSR count). The molecule has 2 heterocycles. The summed E-state index contributed by atoms with van der Waals surface area (Å²) in [6, 6.07) is 8.36. The summed E-state index contributed by atoms with van der Waals surface area (Å²) in [7, 11) is 0. The maximum atomic E-state index is 12.4. The lowest BCUT2D eigenvalue weighted by Gasteiger charge is -2.30. The topological polar surface area (TPSA) is 71.3 Å². The highest BCUT2D eigenvalue weighted by Crippen LogP contribution is 2.21. The van der Waals surface area contributed by atoms with Crippen molar-refractivity contribution in [1.29, 1.82) is 0 Å². The van der Waals surface area contributed by atoms with Crippen LogP contribution in [0.1, 0.15) is 51.0 Å². The number of carbonyl (C=O) groups is 1. The zero-order valence-electron chi connectivity index (χ0n) is 16.6. The normalized spacial score (nSPS) is 17.0. The van der Waals surface area contributed by atoms with E-state index in [0.29, 0.717) is 18.3 Å². The molecular formula is C21H30N4O2. The number of amides is 1. The van der Waals surface area contributed by atoms with Gasteiger partial charge in [-0.2, -0.15) is 4.98 Å². The van der Waals surface area contributed by atoms with E-state index in [9.17, 15) is 4.79 Å². The zero-order chi connectivity index (χ0) is 19.2. The highest BCUT2D eigenvalue weighted by Gasteiger charge is 2.26. The Kier molecular flexibility index (Phi) is 6.61. The number of hydrogen-bond acceptors (Lipinski definition) is 5. The number of benzene rings is 1. The molecule has 6 nitrogen and oxygen atoms in total. The van der Waals surface area contributed by atoms with Gasteiger partial charge in [0.15, 0.2) is 0 Å². The summed E-state index contributed by atoms with van der Waals surface area (Å²) < 4.78 is 5.43. The van der Waals surface area contributed by atoms with Crippen molar-refractivity contribution in [3.05, 3.63) is 35.7 Å². The molecule has 0 bridgehead atoms. The van der Waals surface area contributed by atoms with E-state index in [-0.39, 0.29) is 17.9 Å². The van der Waals surface area contributed by atoms with Crippen LogP contribution < -0.4 is 5.32 Å². The number of carbonyl (C=O) groups excluding carboxylic acids is 1. The summed E-state index contributed by atoms with van der Waals surface area (Å²) >= 11 is 0. The fraction of sp³-hybridized carbons (Fsp3) is 0.571. The molecule has 1 aliphatic rings. The molecule has 0 aliphatic carbocycles. The van der Waals surface area contributed by atoms with Crippen molar-refractivity contribution in [3.8, 4) is 11.4 Å². The van der Waals surface area contributed by atoms with Crippen LogP contribution in [-0.4, -0.2) is 40.1 Å². The first-order valence-electron chi connectivity index (χ1n) is 9.97. The summed E-state index contributed by atoms with van der Waals surface area (Å²) in [4.78, 5) is 19.2. The second kappa shape index (κ2) is 9.13. The van der Waals surface area contributed by atoms with Crippen molar-refractivity contribution >= 4 is 5.91 Å². The summed E-state index contributed by atoms with van der Waals surface area (Å²) in [5.74, 6) is 1.58. The van der Waals surface area contributed by atoms with Gasteiger partial charge in [-0.3, -0.25) is 9.69 Å². The van der Waals surface area contributed by atoms with Crippen LogP contribution in [0.25, 0.3) is 11.4 Å². The second-order valence-corrected chi connectivity index (χ2v) is 7.63. The van der Waals surface area contributed by atoms with Crippen LogP contribution in [0.3, 0.4) is 0 Å². The molecule has 1 unspecified atom stereocenters. The van der Waals surface area contributed by atoms with E-state index in [4.69, 9.17) is 4.52 Å². The number of likely N-dealkylation sites (tertiary alicyclic amines) is 1. The van der Waals surface area contributed by atoms with Gasteiger partial charge < -0.3 is 9.84 Å². The van der Waals surface area contributed by atoms with Gasteiger partial charge in [-0.05, 0) is 52.3 Å². The molecule has 1 fully saturated rings. The first-order valence-corrected chi connectivity index (χ1v) is 9.97. The number of piperidine rings is 1. The van der Waals surface area contributed by atoms with E-state index < -0.39 is 0 Å². The van der Waals surface area contributed by atoms with Crippen molar-refractivity contribution < 1.29 is 9.32 Å². The van der Waals surface area contributed by atoms with Crippen LogP contribution in [0.4, 0.5) is 0 Å². The van der Waals surface area contributed by atoms with Gasteiger partial charge in [0.05, 0.1) is 6.54 Å². The maximum Gasteiger partial charge on any atom is 0.241 e. The number of hydrogen-bond donors (Lipinski definition) is 1. The standard InChI is InChI=1S/C21H30N4O2/c1-4-6-16(3)22-21(26)17-9-11-25(12-10-17)14-19-23-20(24-27-19)18-8-5-7-15(2)13-18/h5,7-8,13,16-17H,4,6,9-12,14H2,1-3H3,(H,22,26). The van der Waals surface area contributed by atoms with E-state index in [1.165, 1.54) is 5.56 Å². The minimum absolute atomic E-state index is 0.117. The lowest BCUT2D eigenvalue weighted by molar-refractivity contribution is -0.127. The van der Waals surface area contributed by atoms with Crippen molar-refractivity contribution in [2.45, 2.75) is 59.0 Å². The Balaban J connectivity index is 1.49. The van der Waals surface area contributed by atoms with Crippen molar-refractivity contribution in [2.75, 3.05) is 13.1 Å². The highest BCUT2D eigenvalue weighted by atomic mass is 16.5. The summed E-state index contributed by atoms with van der Waals surface area (Å²) in [6.07, 6.45) is 3.88. The van der Waals surface area contributed by atoms with Crippen LogP contribution in [0.2, 0.25) is 0 Å². The molecule has 1 N–H and O–H groups in total. The number of aromatic nitrogens is 2. The molecule has 1 atom stereocenters. The molecule has 1 amide bonds. The third kappa shape index (κ3) is 5.39. The first-order chi connectivity index (χ1) is 13.0. The van der Waals surface area contributed by atoms with Gasteiger partial charge >= 0.3 is 0 Å². The average molecular weight is 370 g/mol. The lowest BCUT2D eigenvalue weighted by atomic mass is 9.95. The van der Waals surface area contributed by atoms with Gasteiger partial charge in [-0.1, -0.05) is 42.3 Å². The molecular weight excluding hydrogens is 340 g/mol. The Morgan fingerprint density at radius 2 is 2.15 bits per heavy atom. The molecule has 1 aliphatic heterocycles. The lowest BCUT2D eigenvalue weighted by Crippen LogP contribution is -2.42. The molecule has 1 saturated heterocycles. The molecule has 0 radical (unpaired) electrons. The number of nitrogens with one attached hydrogen (secondary N) is 1. The van der Waals surface area contributed by atoms with Crippen LogP contribution >= 0.6 is 0 Å². The van der Waals surface area contributed by atoms with Crippen molar-refractivity contribution in [1.82, 2.24) is 20.4 Å². The van der Waals surface area contributed by atoms with E-state index in [2.05, 4.69) is 40.3 Å². The Morgan fingerprint density at radius 3 is 2.85 bits per heavy atom. The Bertz CT molecular complexity index is 750. The van der Waals surface area contributed by atoms with Gasteiger partial charge in [0.25, 0.3) is 0 Å². The fourth-order valence-electron chi connectivity index (χ4n) is 3.63. The van der Waals surface area contributed by atoms with Gasteiger partial charge in [0, 0.05) is 17.5 Å². The van der Waals surface area contributed by atoms with Crippen LogP contribution in [-0.2, 0) is 11.3 Å². The Hall–Kier alpha value is -2.21. The van der Waals surface area contributed by atoms with E-state index in [1.807, 2.05) is 25.1 Å². The molecule has 1 aromatic heterocycles. The molecule has 0 saturated carbocycles. The first kappa shape index (κ1) is 19.5. The zero-order valence-corrected chi connectivity index (χ0v) is 16.6. The van der Waals surface area contributed by atoms with Crippen LogP contribution in [0.5, 0.6) is 0 Å². The third-order valence-electron chi connectivity index (χ3n) is 5.17. The molecule has 0 spiro atoms. The second-order valence-electron chi connectivity index (χ2n) is 7.63. The summed E-state index contributed by atoms with van der Waals surface area (Å²) in [6.45, 7) is 8.67. The Labute approximate surface area is 161 Å². The number of nitrogens with zero attached hydrogens (tertiary/aromatic N) is 3. The predicted octanol–water partition coefficient (Wildman–Crippen LogP) is 3.56. The predicted molar refractivity (Wildman–Crippen MR) is 105 cm³/mol. The summed E-state index contributed by atoms with van der Waals surface area (Å²) in [5, 5.41) is 7.25. The smallest absolute Gasteiger partial charge is 0.241 e. The molecule has 146 valence electrons. The maximum absolute atomic E-state index is 12.4. The minimum atomic E-state index is 0.117.